The van der Waals surface area contributed by atoms with Crippen molar-refractivity contribution in [2.24, 2.45) is 45.8 Å². The third-order valence-corrected chi connectivity index (χ3v) is 11.6. The van der Waals surface area contributed by atoms with Crippen LogP contribution >= 0.6 is 0 Å². The summed E-state index contributed by atoms with van der Waals surface area (Å²) >= 11 is 0. The average Bonchev–Trinajstić information content (AvgIpc) is 2.81. The van der Waals surface area contributed by atoms with Crippen LogP contribution in [0.25, 0.3) is 0 Å². The largest absolute Gasteiger partial charge is 0.393 e. The molecule has 0 aromatic rings. The van der Waals surface area contributed by atoms with Crippen molar-refractivity contribution in [3.05, 3.63) is 23.8 Å². The second-order valence-corrected chi connectivity index (χ2v) is 13.9. The van der Waals surface area contributed by atoms with E-state index in [0.29, 0.717) is 30.6 Å². The summed E-state index contributed by atoms with van der Waals surface area (Å²) in [5.41, 5.74) is 1.81. The quantitative estimate of drug-likeness (QED) is 0.435. The van der Waals surface area contributed by atoms with E-state index in [0.717, 1.165) is 38.5 Å². The third-order valence-electron chi connectivity index (χ3n) is 11.6. The predicted molar refractivity (Wildman–Crippen MR) is 136 cm³/mol. The molecule has 33 heavy (non-hydrogen) atoms. The molecule has 3 N–H and O–H groups in total. The van der Waals surface area contributed by atoms with Crippen LogP contribution in [0.4, 0.5) is 0 Å². The first-order valence-electron chi connectivity index (χ1n) is 13.6. The van der Waals surface area contributed by atoms with Crippen LogP contribution < -0.4 is 0 Å². The molecule has 188 valence electrons. The minimum Gasteiger partial charge on any atom is -0.393 e. The van der Waals surface area contributed by atoms with Gasteiger partial charge in [-0.05, 0) is 97.2 Å². The van der Waals surface area contributed by atoms with Crippen LogP contribution in [0.1, 0.15) is 99.8 Å². The summed E-state index contributed by atoms with van der Waals surface area (Å²) in [5.74, 6) is 1.67. The van der Waals surface area contributed by atoms with E-state index in [2.05, 4.69) is 61.1 Å². The number of hydrogen-bond acceptors (Lipinski definition) is 3. The monoisotopic (exact) mass is 458 g/mol. The Hall–Kier alpha value is -0.640. The number of aliphatic hydroxyl groups is 3. The van der Waals surface area contributed by atoms with Crippen molar-refractivity contribution in [3.63, 3.8) is 0 Å². The maximum Gasteiger partial charge on any atom is 0.0719 e. The summed E-state index contributed by atoms with van der Waals surface area (Å²) in [5, 5.41) is 34.1. The molecule has 0 amide bonds. The Balaban J connectivity index is 1.66. The smallest absolute Gasteiger partial charge is 0.0719 e. The first-order valence-corrected chi connectivity index (χ1v) is 13.6. The highest BCUT2D eigenvalue weighted by atomic mass is 16.3. The molecule has 4 rings (SSSR count). The van der Waals surface area contributed by atoms with Crippen molar-refractivity contribution < 1.29 is 15.3 Å². The van der Waals surface area contributed by atoms with Gasteiger partial charge in [0.15, 0.2) is 0 Å². The van der Waals surface area contributed by atoms with Gasteiger partial charge in [-0.25, -0.2) is 0 Å². The van der Waals surface area contributed by atoms with E-state index in [9.17, 15) is 15.3 Å². The number of rotatable bonds is 4. The van der Waals surface area contributed by atoms with Crippen LogP contribution in [-0.2, 0) is 0 Å². The Morgan fingerprint density at radius 3 is 2.36 bits per heavy atom. The van der Waals surface area contributed by atoms with Gasteiger partial charge in [0.2, 0.25) is 0 Å². The normalized spacial score (nSPS) is 47.7. The lowest BCUT2D eigenvalue weighted by Gasteiger charge is -2.54. The van der Waals surface area contributed by atoms with E-state index < -0.39 is 5.60 Å². The van der Waals surface area contributed by atoms with Crippen molar-refractivity contribution >= 4 is 0 Å². The maximum atomic E-state index is 11.9. The molecule has 0 aromatic heterocycles. The first kappa shape index (κ1) is 25.5. The summed E-state index contributed by atoms with van der Waals surface area (Å²) in [6.45, 7) is 20.3. The number of aliphatic hydroxyl groups excluding tert-OH is 2. The second kappa shape index (κ2) is 8.20. The van der Waals surface area contributed by atoms with Crippen molar-refractivity contribution in [1.29, 1.82) is 0 Å². The third kappa shape index (κ3) is 3.71. The van der Waals surface area contributed by atoms with Crippen LogP contribution in [0.3, 0.4) is 0 Å². The van der Waals surface area contributed by atoms with Gasteiger partial charge in [0, 0.05) is 0 Å². The molecular weight excluding hydrogens is 408 g/mol. The summed E-state index contributed by atoms with van der Waals surface area (Å²) in [4.78, 5) is 0. The molecule has 0 unspecified atom stereocenters. The minimum atomic E-state index is -0.716. The van der Waals surface area contributed by atoms with Gasteiger partial charge < -0.3 is 15.3 Å². The summed E-state index contributed by atoms with van der Waals surface area (Å²) in [6.07, 6.45) is 8.78. The van der Waals surface area contributed by atoms with Crippen LogP contribution in [-0.4, -0.2) is 33.1 Å². The highest BCUT2D eigenvalue weighted by Crippen LogP contribution is 2.69. The highest BCUT2D eigenvalue weighted by Gasteiger charge is 2.65. The average molecular weight is 459 g/mol. The zero-order valence-electron chi connectivity index (χ0n) is 22.3. The zero-order chi connectivity index (χ0) is 24.6. The van der Waals surface area contributed by atoms with Gasteiger partial charge in [-0.15, -0.1) is 0 Å². The van der Waals surface area contributed by atoms with Crippen molar-refractivity contribution in [3.8, 4) is 0 Å². The summed E-state index contributed by atoms with van der Waals surface area (Å²) in [6, 6.07) is 0. The van der Waals surface area contributed by atoms with Crippen LogP contribution in [0.2, 0.25) is 0 Å². The molecule has 0 saturated heterocycles. The predicted octanol–water partition coefficient (Wildman–Crippen LogP) is 6.28. The Kier molecular flexibility index (Phi) is 6.33. The molecule has 3 heteroatoms. The molecule has 0 radical (unpaired) electrons. The second-order valence-electron chi connectivity index (χ2n) is 13.9. The minimum absolute atomic E-state index is 0.0290. The summed E-state index contributed by atoms with van der Waals surface area (Å²) in [7, 11) is 0. The van der Waals surface area contributed by atoms with E-state index in [1.807, 2.05) is 0 Å². The molecule has 3 saturated carbocycles. The van der Waals surface area contributed by atoms with Crippen molar-refractivity contribution in [2.45, 2.75) is 118 Å². The van der Waals surface area contributed by atoms with Crippen LogP contribution in [0.15, 0.2) is 23.8 Å². The van der Waals surface area contributed by atoms with E-state index in [1.54, 1.807) is 0 Å². The lowest BCUT2D eigenvalue weighted by Crippen LogP contribution is -2.54. The van der Waals surface area contributed by atoms with E-state index in [4.69, 9.17) is 0 Å². The van der Waals surface area contributed by atoms with E-state index >= 15 is 0 Å². The van der Waals surface area contributed by atoms with Gasteiger partial charge in [-0.1, -0.05) is 72.3 Å². The first-order chi connectivity index (χ1) is 15.2. The molecule has 9 atom stereocenters. The van der Waals surface area contributed by atoms with Gasteiger partial charge >= 0.3 is 0 Å². The molecule has 0 heterocycles. The molecule has 3 fully saturated rings. The number of fused-ring (bicyclic) bond motifs is 4. The van der Waals surface area contributed by atoms with Gasteiger partial charge in [0.25, 0.3) is 0 Å². The maximum absolute atomic E-state index is 11.9. The summed E-state index contributed by atoms with van der Waals surface area (Å²) < 4.78 is 0. The fraction of sp³-hybridized carbons (Fsp3) is 0.867. The molecule has 0 aromatic carbocycles. The fourth-order valence-electron chi connectivity index (χ4n) is 9.28. The van der Waals surface area contributed by atoms with Crippen LogP contribution in [0, 0.1) is 45.8 Å². The Bertz CT molecular complexity index is 811. The fourth-order valence-corrected chi connectivity index (χ4v) is 9.28. The standard InChI is InChI=1S/C30H50O3/c1-18(2)19(3)15-20(4)26-23(31)17-29(8)22-9-10-24-27(5,6)25(32)12-14-30(24,33)16-21(22)11-13-28(26,29)7/h11,18,20,22-26,31-33H,3,9-10,12-17H2,1-2,4-8H3/t20-,22-,23-,24+,25+,26+,28-,29+,30+/m1/s1. The topological polar surface area (TPSA) is 60.7 Å². The number of hydrogen-bond donors (Lipinski definition) is 3. The lowest BCUT2D eigenvalue weighted by atomic mass is 9.50. The SMILES string of the molecule is C=C(C[C@@H](C)[C@H]1[C@H](O)C[C@@]2(C)[C@@H]3CC[C@H]4C(C)(C)[C@@H](O)CC[C@]4(O)CC3=CC[C@]12C)C(C)C. The van der Waals surface area contributed by atoms with Crippen molar-refractivity contribution in [1.82, 2.24) is 0 Å². The molecule has 0 aliphatic heterocycles. The molecule has 3 nitrogen and oxygen atoms in total. The van der Waals surface area contributed by atoms with Gasteiger partial charge in [0.05, 0.1) is 17.8 Å². The van der Waals surface area contributed by atoms with Gasteiger partial charge in [-0.2, -0.15) is 0 Å². The highest BCUT2D eigenvalue weighted by molar-refractivity contribution is 5.28. The Morgan fingerprint density at radius 1 is 1.06 bits per heavy atom. The van der Waals surface area contributed by atoms with Crippen LogP contribution in [0.5, 0.6) is 0 Å². The zero-order valence-corrected chi connectivity index (χ0v) is 22.3. The molecule has 4 aliphatic carbocycles. The molecular formula is C30H50O3. The van der Waals surface area contributed by atoms with Gasteiger partial charge in [-0.3, -0.25) is 0 Å². The molecule has 4 aliphatic rings. The van der Waals surface area contributed by atoms with Crippen molar-refractivity contribution in [2.75, 3.05) is 0 Å². The molecule has 0 bridgehead atoms. The molecule has 0 spiro atoms. The van der Waals surface area contributed by atoms with Gasteiger partial charge in [0.1, 0.15) is 0 Å². The number of allylic oxidation sites excluding steroid dienone is 2. The van der Waals surface area contributed by atoms with E-state index in [1.165, 1.54) is 11.1 Å². The van der Waals surface area contributed by atoms with E-state index in [-0.39, 0.29) is 40.3 Å². The lowest BCUT2D eigenvalue weighted by molar-refractivity contribution is -0.151. The Morgan fingerprint density at radius 2 is 1.73 bits per heavy atom. The Labute approximate surface area is 202 Å².